The van der Waals surface area contributed by atoms with Gasteiger partial charge in [-0.05, 0) is 69.2 Å². The average Bonchev–Trinajstić information content (AvgIpc) is 3.46. The van der Waals surface area contributed by atoms with Crippen LogP contribution in [0.3, 0.4) is 0 Å². The van der Waals surface area contributed by atoms with Crippen molar-refractivity contribution in [3.63, 3.8) is 0 Å². The zero-order chi connectivity index (χ0) is 25.9. The minimum atomic E-state index is -1.04. The molecule has 1 N–H and O–H groups in total. The maximum Gasteiger partial charge on any atom is 0.251 e. The Balaban J connectivity index is 1.74. The Hall–Kier alpha value is -4.01. The molecule has 2 amide bonds. The maximum absolute atomic E-state index is 13.8. The van der Waals surface area contributed by atoms with Gasteiger partial charge in [0, 0.05) is 12.1 Å². The third kappa shape index (κ3) is 5.62. The number of aromatic nitrogens is 3. The van der Waals surface area contributed by atoms with E-state index in [4.69, 9.17) is 4.42 Å². The third-order valence-electron chi connectivity index (χ3n) is 6.23. The average molecular weight is 492 g/mol. The summed E-state index contributed by atoms with van der Waals surface area (Å²) in [6.07, 6.45) is 0.694. The van der Waals surface area contributed by atoms with Gasteiger partial charge in [0.15, 0.2) is 6.04 Å². The molecule has 0 aliphatic rings. The number of carbonyl (C=O) groups is 2. The number of benzene rings is 2. The summed E-state index contributed by atoms with van der Waals surface area (Å²) in [5.41, 5.74) is 1.54. The first-order valence-electron chi connectivity index (χ1n) is 11.9. The number of hydrogen-bond donors (Lipinski definition) is 1. The molecule has 188 valence electrons. The number of fused-ring (bicyclic) bond motifs is 1. The van der Waals surface area contributed by atoms with Crippen molar-refractivity contribution in [3.8, 4) is 0 Å². The molecule has 0 aliphatic heterocycles. The van der Waals surface area contributed by atoms with Crippen LogP contribution in [0.15, 0.2) is 65.1 Å². The molecule has 0 aliphatic carbocycles. The predicted molar refractivity (Wildman–Crippen MR) is 133 cm³/mol. The number of nitrogens with zero attached hydrogens (tertiary/aromatic N) is 4. The van der Waals surface area contributed by atoms with Crippen molar-refractivity contribution >= 4 is 22.8 Å². The largest absolute Gasteiger partial charge is 0.464 e. The van der Waals surface area contributed by atoms with E-state index in [0.29, 0.717) is 34.5 Å². The van der Waals surface area contributed by atoms with Crippen LogP contribution in [0.1, 0.15) is 50.3 Å². The molecular weight excluding hydrogens is 461 g/mol. The van der Waals surface area contributed by atoms with E-state index in [1.807, 2.05) is 45.0 Å². The second-order valence-corrected chi connectivity index (χ2v) is 9.46. The molecular formula is C27H30FN5O3. The number of halogens is 1. The molecule has 0 bridgehead atoms. The zero-order valence-corrected chi connectivity index (χ0v) is 20.9. The van der Waals surface area contributed by atoms with E-state index in [1.165, 1.54) is 21.7 Å². The SMILES string of the molecule is CCC(C)(C)NC(=O)[C@@H](c1ccc(C)o1)N(Cc1ccc(F)cc1)C(=O)Cn1nnc2ccccc21. The number of para-hydroxylation sites is 1. The Morgan fingerprint density at radius 1 is 1.11 bits per heavy atom. The molecule has 4 rings (SSSR count). The molecule has 4 aromatic rings. The Bertz CT molecular complexity index is 1360. The summed E-state index contributed by atoms with van der Waals surface area (Å²) in [6.45, 7) is 7.52. The topological polar surface area (TPSA) is 93.3 Å². The van der Waals surface area contributed by atoms with E-state index >= 15 is 0 Å². The van der Waals surface area contributed by atoms with Crippen LogP contribution in [0.5, 0.6) is 0 Å². The van der Waals surface area contributed by atoms with Gasteiger partial charge in [0.2, 0.25) is 5.91 Å². The fourth-order valence-electron chi connectivity index (χ4n) is 3.88. The van der Waals surface area contributed by atoms with Crippen LogP contribution >= 0.6 is 0 Å². The van der Waals surface area contributed by atoms with Gasteiger partial charge in [-0.15, -0.1) is 5.10 Å². The van der Waals surface area contributed by atoms with Crippen molar-refractivity contribution in [1.82, 2.24) is 25.2 Å². The molecule has 1 atom stereocenters. The van der Waals surface area contributed by atoms with Crippen molar-refractivity contribution in [2.75, 3.05) is 0 Å². The molecule has 2 aromatic heterocycles. The highest BCUT2D eigenvalue weighted by atomic mass is 19.1. The second-order valence-electron chi connectivity index (χ2n) is 9.46. The molecule has 2 aromatic carbocycles. The van der Waals surface area contributed by atoms with Gasteiger partial charge in [-0.2, -0.15) is 0 Å². The molecule has 9 heteroatoms. The van der Waals surface area contributed by atoms with E-state index in [9.17, 15) is 14.0 Å². The zero-order valence-electron chi connectivity index (χ0n) is 20.9. The minimum absolute atomic E-state index is 0.0656. The van der Waals surface area contributed by atoms with Crippen molar-refractivity contribution in [3.05, 3.63) is 83.6 Å². The summed E-state index contributed by atoms with van der Waals surface area (Å²) >= 11 is 0. The van der Waals surface area contributed by atoms with Crippen molar-refractivity contribution < 1.29 is 18.4 Å². The first-order chi connectivity index (χ1) is 17.2. The summed E-state index contributed by atoms with van der Waals surface area (Å²) in [5, 5.41) is 11.3. The van der Waals surface area contributed by atoms with Gasteiger partial charge >= 0.3 is 0 Å². The quantitative estimate of drug-likeness (QED) is 0.371. The van der Waals surface area contributed by atoms with Crippen LogP contribution in [0, 0.1) is 12.7 Å². The summed E-state index contributed by atoms with van der Waals surface area (Å²) in [6, 6.07) is 15.6. The van der Waals surface area contributed by atoms with Gasteiger partial charge in [-0.1, -0.05) is 36.4 Å². The highest BCUT2D eigenvalue weighted by molar-refractivity contribution is 5.89. The number of nitrogens with one attached hydrogen (secondary N) is 1. The molecule has 0 radical (unpaired) electrons. The van der Waals surface area contributed by atoms with E-state index < -0.39 is 11.6 Å². The van der Waals surface area contributed by atoms with Crippen molar-refractivity contribution in [2.45, 2.75) is 58.8 Å². The van der Waals surface area contributed by atoms with Gasteiger partial charge in [0.25, 0.3) is 5.91 Å². The molecule has 0 saturated heterocycles. The lowest BCUT2D eigenvalue weighted by Gasteiger charge is -2.33. The number of furan rings is 1. The lowest BCUT2D eigenvalue weighted by Crippen LogP contribution is -2.50. The highest BCUT2D eigenvalue weighted by Crippen LogP contribution is 2.27. The predicted octanol–water partition coefficient (Wildman–Crippen LogP) is 4.55. The molecule has 2 heterocycles. The van der Waals surface area contributed by atoms with Gasteiger partial charge in [0.05, 0.1) is 5.52 Å². The summed E-state index contributed by atoms with van der Waals surface area (Å²) in [5.74, 6) is -0.148. The number of aryl methyl sites for hydroxylation is 1. The number of hydrogen-bond acceptors (Lipinski definition) is 5. The van der Waals surface area contributed by atoms with Crippen LogP contribution in [0.25, 0.3) is 11.0 Å². The van der Waals surface area contributed by atoms with E-state index in [2.05, 4.69) is 15.6 Å². The first kappa shape index (κ1) is 25.1. The van der Waals surface area contributed by atoms with Crippen LogP contribution in [0.2, 0.25) is 0 Å². The van der Waals surface area contributed by atoms with E-state index in [0.717, 1.165) is 0 Å². The number of carbonyl (C=O) groups excluding carboxylic acids is 2. The molecule has 36 heavy (non-hydrogen) atoms. The molecule has 0 unspecified atom stereocenters. The summed E-state index contributed by atoms with van der Waals surface area (Å²) in [4.78, 5) is 28.9. The van der Waals surface area contributed by atoms with Gasteiger partial charge in [0.1, 0.15) is 29.4 Å². The van der Waals surface area contributed by atoms with Crippen LogP contribution in [-0.2, 0) is 22.7 Å². The van der Waals surface area contributed by atoms with E-state index in [1.54, 1.807) is 31.2 Å². The minimum Gasteiger partial charge on any atom is -0.464 e. The smallest absolute Gasteiger partial charge is 0.251 e. The Labute approximate surface area is 209 Å². The number of amides is 2. The molecule has 0 fully saturated rings. The van der Waals surface area contributed by atoms with Gasteiger partial charge in [-0.25, -0.2) is 9.07 Å². The monoisotopic (exact) mass is 491 g/mol. The summed E-state index contributed by atoms with van der Waals surface area (Å²) < 4.78 is 21.0. The van der Waals surface area contributed by atoms with Crippen molar-refractivity contribution in [1.29, 1.82) is 0 Å². The Kier molecular flexibility index (Phi) is 7.19. The normalized spacial score (nSPS) is 12.5. The molecule has 8 nitrogen and oxygen atoms in total. The summed E-state index contributed by atoms with van der Waals surface area (Å²) in [7, 11) is 0. The van der Waals surface area contributed by atoms with Crippen LogP contribution < -0.4 is 5.32 Å². The van der Waals surface area contributed by atoms with Crippen LogP contribution in [0.4, 0.5) is 4.39 Å². The highest BCUT2D eigenvalue weighted by Gasteiger charge is 2.36. The van der Waals surface area contributed by atoms with E-state index in [-0.39, 0.29) is 30.7 Å². The first-order valence-corrected chi connectivity index (χ1v) is 11.9. The second kappa shape index (κ2) is 10.3. The Morgan fingerprint density at radius 3 is 2.50 bits per heavy atom. The molecule has 0 saturated carbocycles. The lowest BCUT2D eigenvalue weighted by molar-refractivity contribution is -0.143. The lowest BCUT2D eigenvalue weighted by atomic mass is 10.0. The third-order valence-corrected chi connectivity index (χ3v) is 6.23. The standard InChI is InChI=1S/C27H30FN5O3/c1-5-27(3,4)29-26(35)25(23-15-10-18(2)36-23)32(16-19-11-13-20(28)14-12-19)24(34)17-33-22-9-7-6-8-21(22)30-31-33/h6-15,25H,5,16-17H2,1-4H3,(H,29,35)/t25-/m1/s1. The molecule has 0 spiro atoms. The van der Waals surface area contributed by atoms with Gasteiger partial charge in [-0.3, -0.25) is 9.59 Å². The maximum atomic E-state index is 13.8. The fraction of sp³-hybridized carbons (Fsp3) is 0.333. The number of rotatable bonds is 9. The fourth-order valence-corrected chi connectivity index (χ4v) is 3.88. The Morgan fingerprint density at radius 2 is 1.83 bits per heavy atom. The van der Waals surface area contributed by atoms with Gasteiger partial charge < -0.3 is 14.6 Å². The van der Waals surface area contributed by atoms with Crippen LogP contribution in [-0.4, -0.2) is 37.2 Å². The van der Waals surface area contributed by atoms with Crippen molar-refractivity contribution in [2.24, 2.45) is 0 Å².